The molecule has 1 aromatic rings. The summed E-state index contributed by atoms with van der Waals surface area (Å²) in [6.45, 7) is 2.33. The zero-order valence-electron chi connectivity index (χ0n) is 12.1. The van der Waals surface area contributed by atoms with Gasteiger partial charge < -0.3 is 10.4 Å². The maximum atomic E-state index is 12.4. The highest BCUT2D eigenvalue weighted by Crippen LogP contribution is 2.48. The molecule has 6 heteroatoms. The molecule has 2 unspecified atom stereocenters. The second-order valence-corrected chi connectivity index (χ2v) is 5.93. The topological polar surface area (TPSA) is 84.2 Å². The Labute approximate surface area is 122 Å². The van der Waals surface area contributed by atoms with Crippen LogP contribution in [0.5, 0.6) is 0 Å². The molecular weight excluding hydrogens is 270 g/mol. The average Bonchev–Trinajstić information content (AvgIpc) is 3.13. The predicted octanol–water partition coefficient (Wildman–Crippen LogP) is 0.868. The van der Waals surface area contributed by atoms with E-state index in [-0.39, 0.29) is 17.7 Å². The van der Waals surface area contributed by atoms with Crippen molar-refractivity contribution in [1.82, 2.24) is 15.1 Å². The number of aliphatic carboxylic acids is 1. The number of hydrogen-bond donors (Lipinski definition) is 2. The van der Waals surface area contributed by atoms with E-state index in [2.05, 4.69) is 10.4 Å². The van der Waals surface area contributed by atoms with Gasteiger partial charge in [0.2, 0.25) is 5.91 Å². The Morgan fingerprint density at radius 3 is 2.62 bits per heavy atom. The van der Waals surface area contributed by atoms with Crippen molar-refractivity contribution < 1.29 is 14.7 Å². The first kappa shape index (κ1) is 13.9. The van der Waals surface area contributed by atoms with E-state index in [0.29, 0.717) is 6.54 Å². The number of hydrogen-bond acceptors (Lipinski definition) is 3. The number of nitrogens with zero attached hydrogens (tertiary/aromatic N) is 2. The average molecular weight is 289 g/mol. The van der Waals surface area contributed by atoms with Crippen LogP contribution in [0, 0.1) is 30.6 Å². The van der Waals surface area contributed by atoms with Crippen LogP contribution in [0.3, 0.4) is 0 Å². The van der Waals surface area contributed by atoms with E-state index in [1.165, 1.54) is 0 Å². The SMILES string of the molecule is Cc1c(CNC(=O)[C@H]2C3C=CC(C3)[C@H]2C(=O)O)cnn1C. The van der Waals surface area contributed by atoms with Crippen LogP contribution in [-0.2, 0) is 23.2 Å². The van der Waals surface area contributed by atoms with Gasteiger partial charge in [-0.1, -0.05) is 12.2 Å². The summed E-state index contributed by atoms with van der Waals surface area (Å²) in [5, 5.41) is 16.4. The summed E-state index contributed by atoms with van der Waals surface area (Å²) in [5.41, 5.74) is 1.95. The normalized spacial score (nSPS) is 29.8. The van der Waals surface area contributed by atoms with E-state index in [1.807, 2.05) is 26.1 Å². The molecule has 0 aromatic carbocycles. The minimum Gasteiger partial charge on any atom is -0.481 e. The Balaban J connectivity index is 1.69. The first-order chi connectivity index (χ1) is 9.99. The lowest BCUT2D eigenvalue weighted by molar-refractivity contribution is -0.147. The number of rotatable bonds is 4. The number of aromatic nitrogens is 2. The zero-order chi connectivity index (χ0) is 15.1. The largest absolute Gasteiger partial charge is 0.481 e. The number of nitrogens with one attached hydrogen (secondary N) is 1. The number of fused-ring (bicyclic) bond motifs is 2. The molecule has 2 N–H and O–H groups in total. The van der Waals surface area contributed by atoms with E-state index in [0.717, 1.165) is 17.7 Å². The van der Waals surface area contributed by atoms with Gasteiger partial charge in [0.15, 0.2) is 0 Å². The van der Waals surface area contributed by atoms with Gasteiger partial charge in [0, 0.05) is 24.8 Å². The van der Waals surface area contributed by atoms with Crippen LogP contribution in [0.1, 0.15) is 17.7 Å². The highest BCUT2D eigenvalue weighted by molar-refractivity contribution is 5.86. The Morgan fingerprint density at radius 2 is 2.05 bits per heavy atom. The molecule has 2 aliphatic rings. The smallest absolute Gasteiger partial charge is 0.307 e. The Morgan fingerprint density at radius 1 is 1.38 bits per heavy atom. The number of carboxylic acid groups (broad SMARTS) is 1. The molecule has 1 amide bonds. The van der Waals surface area contributed by atoms with Crippen LogP contribution < -0.4 is 5.32 Å². The third-order valence-corrected chi connectivity index (χ3v) is 4.84. The van der Waals surface area contributed by atoms with Gasteiger partial charge in [-0.25, -0.2) is 0 Å². The van der Waals surface area contributed by atoms with Crippen molar-refractivity contribution in [2.45, 2.75) is 19.9 Å². The van der Waals surface area contributed by atoms with Gasteiger partial charge in [0.25, 0.3) is 0 Å². The quantitative estimate of drug-likeness (QED) is 0.805. The molecule has 0 radical (unpaired) electrons. The van der Waals surface area contributed by atoms with Gasteiger partial charge in [0.05, 0.1) is 18.0 Å². The van der Waals surface area contributed by atoms with Crippen LogP contribution in [0.15, 0.2) is 18.3 Å². The highest BCUT2D eigenvalue weighted by atomic mass is 16.4. The Kier molecular flexibility index (Phi) is 3.31. The van der Waals surface area contributed by atoms with Gasteiger partial charge in [0.1, 0.15) is 0 Å². The van der Waals surface area contributed by atoms with E-state index >= 15 is 0 Å². The van der Waals surface area contributed by atoms with E-state index in [1.54, 1.807) is 10.9 Å². The second-order valence-electron chi connectivity index (χ2n) is 5.93. The molecule has 112 valence electrons. The summed E-state index contributed by atoms with van der Waals surface area (Å²) in [6.07, 6.45) is 6.44. The van der Waals surface area contributed by atoms with Crippen molar-refractivity contribution >= 4 is 11.9 Å². The lowest BCUT2D eigenvalue weighted by Crippen LogP contribution is -2.39. The van der Waals surface area contributed by atoms with E-state index in [4.69, 9.17) is 0 Å². The summed E-state index contributed by atoms with van der Waals surface area (Å²) in [7, 11) is 1.85. The van der Waals surface area contributed by atoms with E-state index in [9.17, 15) is 14.7 Å². The maximum Gasteiger partial charge on any atom is 0.307 e. The number of carboxylic acids is 1. The summed E-state index contributed by atoms with van der Waals surface area (Å²) in [6, 6.07) is 0. The molecule has 0 saturated heterocycles. The standard InChI is InChI=1S/C15H19N3O3/c1-8-11(7-17-18(8)2)6-16-14(19)12-9-3-4-10(5-9)13(12)15(20)21/h3-4,7,9-10,12-13H,5-6H2,1-2H3,(H,16,19)(H,20,21)/t9?,10?,12-,13+/m0/s1. The van der Waals surface area contributed by atoms with Crippen molar-refractivity contribution in [1.29, 1.82) is 0 Å². The lowest BCUT2D eigenvalue weighted by Gasteiger charge is -2.23. The summed E-state index contributed by atoms with van der Waals surface area (Å²) in [4.78, 5) is 23.8. The number of amides is 1. The van der Waals surface area contributed by atoms with Gasteiger partial charge in [-0.3, -0.25) is 14.3 Å². The minimum atomic E-state index is -0.871. The molecule has 2 aliphatic carbocycles. The summed E-state index contributed by atoms with van der Waals surface area (Å²) >= 11 is 0. The van der Waals surface area contributed by atoms with Crippen LogP contribution in [0.4, 0.5) is 0 Å². The van der Waals surface area contributed by atoms with Crippen LogP contribution in [0.25, 0.3) is 0 Å². The van der Waals surface area contributed by atoms with Gasteiger partial charge in [-0.05, 0) is 25.2 Å². The molecule has 0 aliphatic heterocycles. The molecule has 1 heterocycles. The maximum absolute atomic E-state index is 12.4. The van der Waals surface area contributed by atoms with Crippen molar-refractivity contribution in [3.8, 4) is 0 Å². The minimum absolute atomic E-state index is 0.00313. The predicted molar refractivity (Wildman–Crippen MR) is 75.1 cm³/mol. The number of carbonyl (C=O) groups excluding carboxylic acids is 1. The third-order valence-electron chi connectivity index (χ3n) is 4.84. The van der Waals surface area contributed by atoms with Crippen LogP contribution >= 0.6 is 0 Å². The monoisotopic (exact) mass is 289 g/mol. The summed E-state index contributed by atoms with van der Waals surface area (Å²) in [5.74, 6) is -2.01. The highest BCUT2D eigenvalue weighted by Gasteiger charge is 2.51. The molecule has 2 bridgehead atoms. The molecule has 6 nitrogen and oxygen atoms in total. The first-order valence-corrected chi connectivity index (χ1v) is 7.15. The molecule has 1 saturated carbocycles. The lowest BCUT2D eigenvalue weighted by atomic mass is 9.82. The zero-order valence-corrected chi connectivity index (χ0v) is 12.1. The fourth-order valence-electron chi connectivity index (χ4n) is 3.53. The van der Waals surface area contributed by atoms with Crippen molar-refractivity contribution in [2.75, 3.05) is 0 Å². The van der Waals surface area contributed by atoms with Gasteiger partial charge >= 0.3 is 5.97 Å². The molecule has 1 fully saturated rings. The van der Waals surface area contributed by atoms with Crippen molar-refractivity contribution in [2.24, 2.45) is 30.7 Å². The third kappa shape index (κ3) is 2.24. The van der Waals surface area contributed by atoms with Crippen LogP contribution in [0.2, 0.25) is 0 Å². The number of carbonyl (C=O) groups is 2. The Hall–Kier alpha value is -2.11. The second kappa shape index (κ2) is 5.02. The summed E-state index contributed by atoms with van der Waals surface area (Å²) < 4.78 is 1.75. The van der Waals surface area contributed by atoms with Crippen LogP contribution in [-0.4, -0.2) is 26.8 Å². The van der Waals surface area contributed by atoms with Gasteiger partial charge in [-0.2, -0.15) is 5.10 Å². The molecule has 21 heavy (non-hydrogen) atoms. The van der Waals surface area contributed by atoms with Crippen molar-refractivity contribution in [3.05, 3.63) is 29.6 Å². The first-order valence-electron chi connectivity index (χ1n) is 7.15. The molecule has 1 aromatic heterocycles. The van der Waals surface area contributed by atoms with Crippen molar-refractivity contribution in [3.63, 3.8) is 0 Å². The molecular formula is C15H19N3O3. The fraction of sp³-hybridized carbons (Fsp3) is 0.533. The number of aryl methyl sites for hydroxylation is 1. The fourth-order valence-corrected chi connectivity index (χ4v) is 3.53. The Bertz CT molecular complexity index is 620. The molecule has 0 spiro atoms. The van der Waals surface area contributed by atoms with Gasteiger partial charge in [-0.15, -0.1) is 0 Å². The molecule has 3 rings (SSSR count). The molecule has 4 atom stereocenters. The number of allylic oxidation sites excluding steroid dienone is 2. The van der Waals surface area contributed by atoms with E-state index < -0.39 is 17.8 Å².